The molecular formula is C29H37ClN8O2. The van der Waals surface area contributed by atoms with Gasteiger partial charge in [-0.15, -0.1) is 0 Å². The number of amides is 1. The summed E-state index contributed by atoms with van der Waals surface area (Å²) in [6, 6.07) is 15.5. The van der Waals surface area contributed by atoms with Crippen LogP contribution in [0.4, 0.5) is 23.1 Å². The summed E-state index contributed by atoms with van der Waals surface area (Å²) in [5.41, 5.74) is 2.77. The predicted molar refractivity (Wildman–Crippen MR) is 159 cm³/mol. The highest BCUT2D eigenvalue weighted by molar-refractivity contribution is 6.31. The molecule has 11 heteroatoms. The lowest BCUT2D eigenvalue weighted by molar-refractivity contribution is -0.121. The number of ether oxygens (including phenoxy) is 1. The number of carbonyl (C=O) groups is 1. The van der Waals surface area contributed by atoms with Crippen LogP contribution in [0.5, 0.6) is 5.75 Å². The van der Waals surface area contributed by atoms with Crippen molar-refractivity contribution in [2.45, 2.75) is 13.0 Å². The molecule has 0 aliphatic carbocycles. The van der Waals surface area contributed by atoms with Crippen LogP contribution in [0.15, 0.2) is 54.7 Å². The maximum atomic E-state index is 12.7. The third kappa shape index (κ3) is 8.28. The largest absolute Gasteiger partial charge is 0.490 e. The van der Waals surface area contributed by atoms with Gasteiger partial charge >= 0.3 is 0 Å². The summed E-state index contributed by atoms with van der Waals surface area (Å²) in [6.07, 6.45) is 2.12. The van der Waals surface area contributed by atoms with Crippen LogP contribution in [0.3, 0.4) is 0 Å². The van der Waals surface area contributed by atoms with E-state index in [0.717, 1.165) is 51.5 Å². The van der Waals surface area contributed by atoms with Gasteiger partial charge in [-0.1, -0.05) is 23.7 Å². The lowest BCUT2D eigenvalue weighted by Gasteiger charge is -2.34. The molecule has 10 nitrogen and oxygen atoms in total. The highest BCUT2D eigenvalue weighted by Crippen LogP contribution is 2.30. The summed E-state index contributed by atoms with van der Waals surface area (Å²) in [4.78, 5) is 28.9. The van der Waals surface area contributed by atoms with Crippen LogP contribution in [0.2, 0.25) is 5.02 Å². The Kier molecular flexibility index (Phi) is 9.67. The van der Waals surface area contributed by atoms with E-state index in [1.165, 1.54) is 5.56 Å². The van der Waals surface area contributed by atoms with Crippen molar-refractivity contribution >= 4 is 40.6 Å². The number of rotatable bonds is 3. The minimum atomic E-state index is 0.0156. The van der Waals surface area contributed by atoms with Gasteiger partial charge in [-0.05, 0) is 49.0 Å². The molecule has 3 N–H and O–H groups in total. The Hall–Kier alpha value is -3.44. The summed E-state index contributed by atoms with van der Waals surface area (Å²) in [5.74, 6) is 1.69. The molecule has 3 aliphatic heterocycles. The summed E-state index contributed by atoms with van der Waals surface area (Å²) in [7, 11) is 2.17. The van der Waals surface area contributed by atoms with Crippen molar-refractivity contribution in [2.75, 3.05) is 76.6 Å². The van der Waals surface area contributed by atoms with Crippen LogP contribution in [0.1, 0.15) is 12.0 Å². The molecule has 3 aliphatic rings. The molecule has 0 atom stereocenters. The van der Waals surface area contributed by atoms with E-state index in [4.69, 9.17) is 16.3 Å². The molecule has 0 radical (unpaired) electrons. The van der Waals surface area contributed by atoms with Crippen LogP contribution < -0.4 is 20.7 Å². The first-order valence-electron chi connectivity index (χ1n) is 13.8. The van der Waals surface area contributed by atoms with Crippen molar-refractivity contribution in [3.63, 3.8) is 0 Å². The standard InChI is InChI=1S/C29H37ClN8O2/c1-36-13-15-37(16-14-36)17-18-38-12-9-28(39)31-11-19-40-26-7-4-23(30)20-25(26)34-29-32-10-8-27(35-29)33-24-5-2-22(21-38)3-6-24/h2-8,10,20H,9,11-19,21H2,1H3,(H,31,39)(H2,32,33,34,35). The number of piperazine rings is 1. The van der Waals surface area contributed by atoms with E-state index in [-0.39, 0.29) is 5.91 Å². The Labute approximate surface area is 240 Å². The molecule has 0 unspecified atom stereocenters. The van der Waals surface area contributed by atoms with E-state index in [1.807, 2.05) is 6.07 Å². The molecule has 1 aromatic heterocycles. The fourth-order valence-electron chi connectivity index (χ4n) is 4.76. The third-order valence-corrected chi connectivity index (χ3v) is 7.38. The van der Waals surface area contributed by atoms with Crippen molar-refractivity contribution < 1.29 is 9.53 Å². The van der Waals surface area contributed by atoms with Crippen LogP contribution in [0.25, 0.3) is 0 Å². The number of benzene rings is 2. The second-order valence-corrected chi connectivity index (χ2v) is 10.7. The van der Waals surface area contributed by atoms with Crippen molar-refractivity contribution in [1.82, 2.24) is 30.0 Å². The lowest BCUT2D eigenvalue weighted by atomic mass is 10.2. The van der Waals surface area contributed by atoms with Crippen molar-refractivity contribution in [2.24, 2.45) is 0 Å². The van der Waals surface area contributed by atoms with Gasteiger partial charge in [0.25, 0.3) is 0 Å². The van der Waals surface area contributed by atoms with Crippen LogP contribution in [0, 0.1) is 0 Å². The number of anilines is 4. The number of aromatic nitrogens is 2. The zero-order valence-electron chi connectivity index (χ0n) is 22.9. The van der Waals surface area contributed by atoms with E-state index in [1.54, 1.807) is 24.4 Å². The number of nitrogens with zero attached hydrogens (tertiary/aromatic N) is 5. The SMILES string of the molecule is CN1CCN(CCN2CCC(=O)NCCOc3ccc(Cl)cc3Nc3nccc(n3)Nc3ccc(cc3)C2)CC1. The molecular weight excluding hydrogens is 528 g/mol. The summed E-state index contributed by atoms with van der Waals surface area (Å²) >= 11 is 6.25. The molecule has 2 aromatic carbocycles. The number of hydrogen-bond donors (Lipinski definition) is 3. The van der Waals surface area contributed by atoms with E-state index < -0.39 is 0 Å². The molecule has 40 heavy (non-hydrogen) atoms. The Morgan fingerprint density at radius 2 is 1.75 bits per heavy atom. The van der Waals surface area contributed by atoms with Gasteiger partial charge in [0.2, 0.25) is 11.9 Å². The Bertz CT molecular complexity index is 1270. The zero-order chi connectivity index (χ0) is 27.7. The fourth-order valence-corrected chi connectivity index (χ4v) is 4.93. The summed E-state index contributed by atoms with van der Waals surface area (Å²) in [5, 5.41) is 10.1. The van der Waals surface area contributed by atoms with E-state index in [9.17, 15) is 4.79 Å². The molecule has 4 bridgehead atoms. The van der Waals surface area contributed by atoms with Gasteiger partial charge in [0.15, 0.2) is 0 Å². The first kappa shape index (κ1) is 28.1. The molecule has 6 rings (SSSR count). The second-order valence-electron chi connectivity index (χ2n) is 10.2. The Morgan fingerprint density at radius 1 is 0.950 bits per heavy atom. The highest BCUT2D eigenvalue weighted by Gasteiger charge is 2.16. The molecule has 1 fully saturated rings. The van der Waals surface area contributed by atoms with E-state index in [0.29, 0.717) is 54.3 Å². The first-order chi connectivity index (χ1) is 19.5. The topological polar surface area (TPSA) is 97.9 Å². The maximum absolute atomic E-state index is 12.7. The smallest absolute Gasteiger partial charge is 0.229 e. The lowest BCUT2D eigenvalue weighted by Crippen LogP contribution is -2.47. The van der Waals surface area contributed by atoms with Gasteiger partial charge in [0, 0.05) is 75.7 Å². The summed E-state index contributed by atoms with van der Waals surface area (Å²) < 4.78 is 5.97. The van der Waals surface area contributed by atoms with Crippen LogP contribution in [-0.2, 0) is 11.3 Å². The number of halogens is 1. The monoisotopic (exact) mass is 564 g/mol. The molecule has 1 saturated heterocycles. The molecule has 212 valence electrons. The number of carbonyl (C=O) groups excluding carboxylic acids is 1. The van der Waals surface area contributed by atoms with Crippen molar-refractivity contribution in [3.8, 4) is 5.75 Å². The molecule has 0 spiro atoms. The molecule has 3 aromatic rings. The number of likely N-dealkylation sites (N-methyl/N-ethyl adjacent to an activating group) is 1. The summed E-state index contributed by atoms with van der Waals surface area (Å²) in [6.45, 7) is 8.47. The van der Waals surface area contributed by atoms with Gasteiger partial charge in [0.05, 0.1) is 12.2 Å². The molecule has 4 heterocycles. The van der Waals surface area contributed by atoms with Gasteiger partial charge < -0.3 is 25.6 Å². The highest BCUT2D eigenvalue weighted by atomic mass is 35.5. The maximum Gasteiger partial charge on any atom is 0.229 e. The fraction of sp³-hybridized carbons (Fsp3) is 0.414. The van der Waals surface area contributed by atoms with E-state index in [2.05, 4.69) is 71.9 Å². The normalized spacial score (nSPS) is 18.1. The average Bonchev–Trinajstić information content (AvgIpc) is 2.95. The van der Waals surface area contributed by atoms with E-state index >= 15 is 0 Å². The van der Waals surface area contributed by atoms with Gasteiger partial charge in [0.1, 0.15) is 18.2 Å². The number of hydrogen-bond acceptors (Lipinski definition) is 9. The average molecular weight is 565 g/mol. The van der Waals surface area contributed by atoms with Gasteiger partial charge in [-0.2, -0.15) is 4.98 Å². The minimum absolute atomic E-state index is 0.0156. The minimum Gasteiger partial charge on any atom is -0.490 e. The van der Waals surface area contributed by atoms with Gasteiger partial charge in [-0.25, -0.2) is 4.98 Å². The predicted octanol–water partition coefficient (Wildman–Crippen LogP) is 3.57. The van der Waals surface area contributed by atoms with Crippen LogP contribution >= 0.6 is 11.6 Å². The Morgan fingerprint density at radius 3 is 2.58 bits per heavy atom. The first-order valence-corrected chi connectivity index (χ1v) is 14.2. The number of nitrogens with one attached hydrogen (secondary N) is 3. The zero-order valence-corrected chi connectivity index (χ0v) is 23.7. The van der Waals surface area contributed by atoms with Gasteiger partial charge in [-0.3, -0.25) is 14.6 Å². The molecule has 1 amide bonds. The van der Waals surface area contributed by atoms with Crippen molar-refractivity contribution in [3.05, 3.63) is 65.3 Å². The third-order valence-electron chi connectivity index (χ3n) is 7.14. The molecule has 0 saturated carbocycles. The Balaban J connectivity index is 1.32. The van der Waals surface area contributed by atoms with Crippen molar-refractivity contribution in [1.29, 1.82) is 0 Å². The quantitative estimate of drug-likeness (QED) is 0.441. The van der Waals surface area contributed by atoms with Crippen LogP contribution in [-0.4, -0.2) is 96.6 Å². The second kappa shape index (κ2) is 13.8. The number of fused-ring (bicyclic) bond motifs is 10.